The van der Waals surface area contributed by atoms with Gasteiger partial charge >= 0.3 is 0 Å². The lowest BCUT2D eigenvalue weighted by Gasteiger charge is -2.30. The smallest absolute Gasteiger partial charge is 0.191 e. The average Bonchev–Trinajstić information content (AvgIpc) is 2.70. The van der Waals surface area contributed by atoms with Crippen LogP contribution in [0.2, 0.25) is 0 Å². The van der Waals surface area contributed by atoms with E-state index in [1.54, 1.807) is 7.11 Å². The van der Waals surface area contributed by atoms with Crippen LogP contribution < -0.4 is 15.4 Å². The summed E-state index contributed by atoms with van der Waals surface area (Å²) in [4.78, 5) is 7.08. The predicted molar refractivity (Wildman–Crippen MR) is 127 cm³/mol. The SMILES string of the molecule is CCNC(=NCC(O)c1cccc(OC)c1)NCCCN1CCC(C)CC1.I. The quantitative estimate of drug-likeness (QED) is 0.209. The van der Waals surface area contributed by atoms with Crippen LogP contribution in [0.15, 0.2) is 29.3 Å². The van der Waals surface area contributed by atoms with Gasteiger partial charge in [0.2, 0.25) is 0 Å². The molecule has 0 radical (unpaired) electrons. The van der Waals surface area contributed by atoms with Gasteiger partial charge in [0.1, 0.15) is 5.75 Å². The highest BCUT2D eigenvalue weighted by atomic mass is 127. The van der Waals surface area contributed by atoms with E-state index in [0.29, 0.717) is 6.54 Å². The van der Waals surface area contributed by atoms with Gasteiger partial charge in [-0.3, -0.25) is 4.99 Å². The van der Waals surface area contributed by atoms with Crippen molar-refractivity contribution in [3.8, 4) is 5.75 Å². The summed E-state index contributed by atoms with van der Waals surface area (Å²) in [6.45, 7) is 9.96. The molecular formula is C21H37IN4O2. The molecule has 1 aliphatic heterocycles. The number of hydrogen-bond acceptors (Lipinski definition) is 4. The van der Waals surface area contributed by atoms with Crippen molar-refractivity contribution in [3.05, 3.63) is 29.8 Å². The number of benzene rings is 1. The van der Waals surface area contributed by atoms with Crippen LogP contribution in [0.5, 0.6) is 5.75 Å². The molecular weight excluding hydrogens is 467 g/mol. The first-order valence-corrected chi connectivity index (χ1v) is 10.2. The summed E-state index contributed by atoms with van der Waals surface area (Å²) in [6, 6.07) is 7.49. The number of nitrogens with one attached hydrogen (secondary N) is 2. The number of nitrogens with zero attached hydrogens (tertiary/aromatic N) is 2. The average molecular weight is 504 g/mol. The van der Waals surface area contributed by atoms with Gasteiger partial charge in [-0.05, 0) is 69.4 Å². The zero-order valence-corrected chi connectivity index (χ0v) is 19.8. The predicted octanol–water partition coefficient (Wildman–Crippen LogP) is 3.02. The summed E-state index contributed by atoms with van der Waals surface area (Å²) in [7, 11) is 1.63. The number of aliphatic hydroxyl groups excluding tert-OH is 1. The molecule has 1 saturated heterocycles. The Hall–Kier alpha value is -1.06. The van der Waals surface area contributed by atoms with Gasteiger partial charge in [0.25, 0.3) is 0 Å². The molecule has 0 saturated carbocycles. The van der Waals surface area contributed by atoms with E-state index < -0.39 is 6.10 Å². The van der Waals surface area contributed by atoms with E-state index in [0.717, 1.165) is 49.2 Å². The van der Waals surface area contributed by atoms with E-state index >= 15 is 0 Å². The van der Waals surface area contributed by atoms with Crippen LogP contribution in [0.3, 0.4) is 0 Å². The number of piperidine rings is 1. The Morgan fingerprint density at radius 3 is 2.75 bits per heavy atom. The van der Waals surface area contributed by atoms with Gasteiger partial charge in [-0.2, -0.15) is 0 Å². The van der Waals surface area contributed by atoms with E-state index in [2.05, 4.69) is 27.4 Å². The molecule has 1 heterocycles. The van der Waals surface area contributed by atoms with Crippen molar-refractivity contribution >= 4 is 29.9 Å². The van der Waals surface area contributed by atoms with Crippen molar-refractivity contribution in [1.82, 2.24) is 15.5 Å². The van der Waals surface area contributed by atoms with E-state index in [-0.39, 0.29) is 24.0 Å². The third kappa shape index (κ3) is 8.96. The highest BCUT2D eigenvalue weighted by Gasteiger charge is 2.14. The molecule has 3 N–H and O–H groups in total. The van der Waals surface area contributed by atoms with Crippen LogP contribution >= 0.6 is 24.0 Å². The topological polar surface area (TPSA) is 69.1 Å². The number of methoxy groups -OCH3 is 1. The first-order chi connectivity index (χ1) is 13.1. The fraction of sp³-hybridized carbons (Fsp3) is 0.667. The zero-order valence-electron chi connectivity index (χ0n) is 17.5. The van der Waals surface area contributed by atoms with Gasteiger partial charge in [-0.1, -0.05) is 19.1 Å². The maximum Gasteiger partial charge on any atom is 0.191 e. The standard InChI is InChI=1S/C21H36N4O2.HI/c1-4-22-21(23-11-6-12-25-13-9-17(2)10-14-25)24-16-20(26)18-7-5-8-19(15-18)27-3;/h5,7-8,15,17,20,26H,4,6,9-14,16H2,1-3H3,(H2,22,23,24);1H. The zero-order chi connectivity index (χ0) is 19.5. The Bertz CT molecular complexity index is 577. The number of halogens is 1. The Kier molecular flexibility index (Phi) is 12.5. The van der Waals surface area contributed by atoms with Gasteiger partial charge in [0.15, 0.2) is 5.96 Å². The highest BCUT2D eigenvalue weighted by Crippen LogP contribution is 2.19. The number of hydrogen-bond donors (Lipinski definition) is 3. The maximum absolute atomic E-state index is 10.4. The molecule has 1 atom stereocenters. The van der Waals surface area contributed by atoms with Gasteiger partial charge in [0, 0.05) is 13.1 Å². The van der Waals surface area contributed by atoms with Gasteiger partial charge in [-0.15, -0.1) is 24.0 Å². The van der Waals surface area contributed by atoms with Crippen molar-refractivity contribution in [2.75, 3.05) is 46.4 Å². The molecule has 1 aromatic carbocycles. The minimum atomic E-state index is -0.647. The molecule has 1 unspecified atom stereocenters. The monoisotopic (exact) mass is 504 g/mol. The summed E-state index contributed by atoms with van der Waals surface area (Å²) < 4.78 is 5.21. The van der Waals surface area contributed by atoms with E-state index in [1.807, 2.05) is 31.2 Å². The van der Waals surface area contributed by atoms with E-state index in [9.17, 15) is 5.11 Å². The number of rotatable bonds is 9. The number of aliphatic hydroxyl groups is 1. The molecule has 0 bridgehead atoms. The van der Waals surface area contributed by atoms with Gasteiger partial charge in [0.05, 0.1) is 19.8 Å². The lowest BCUT2D eigenvalue weighted by molar-refractivity contribution is 0.186. The lowest BCUT2D eigenvalue weighted by Crippen LogP contribution is -2.40. The number of ether oxygens (including phenoxy) is 1. The van der Waals surface area contributed by atoms with Crippen LogP contribution in [0.1, 0.15) is 44.8 Å². The van der Waals surface area contributed by atoms with Crippen molar-refractivity contribution in [1.29, 1.82) is 0 Å². The minimum Gasteiger partial charge on any atom is -0.497 e. The van der Waals surface area contributed by atoms with Crippen LogP contribution in [0, 0.1) is 5.92 Å². The van der Waals surface area contributed by atoms with Crippen molar-refractivity contribution < 1.29 is 9.84 Å². The van der Waals surface area contributed by atoms with Gasteiger partial charge < -0.3 is 25.4 Å². The highest BCUT2D eigenvalue weighted by molar-refractivity contribution is 14.0. The molecule has 0 aliphatic carbocycles. The molecule has 0 aromatic heterocycles. The third-order valence-corrected chi connectivity index (χ3v) is 5.06. The van der Waals surface area contributed by atoms with Crippen molar-refractivity contribution in [2.45, 2.75) is 39.2 Å². The maximum atomic E-state index is 10.4. The van der Waals surface area contributed by atoms with Gasteiger partial charge in [-0.25, -0.2) is 0 Å². The summed E-state index contributed by atoms with van der Waals surface area (Å²) in [6.07, 6.45) is 3.09. The summed E-state index contributed by atoms with van der Waals surface area (Å²) in [5.74, 6) is 2.38. The molecule has 1 fully saturated rings. The normalized spacial score (nSPS) is 16.9. The van der Waals surface area contributed by atoms with Crippen molar-refractivity contribution in [2.24, 2.45) is 10.9 Å². The van der Waals surface area contributed by atoms with E-state index in [4.69, 9.17) is 4.74 Å². The fourth-order valence-corrected chi connectivity index (χ4v) is 3.27. The Morgan fingerprint density at radius 2 is 2.07 bits per heavy atom. The summed E-state index contributed by atoms with van der Waals surface area (Å²) in [5, 5.41) is 17.0. The van der Waals surface area contributed by atoms with E-state index in [1.165, 1.54) is 25.9 Å². The second kappa shape index (κ2) is 14.0. The molecule has 0 amide bonds. The largest absolute Gasteiger partial charge is 0.497 e. The Balaban J connectivity index is 0.00000392. The number of aliphatic imine (C=N–C) groups is 1. The van der Waals surface area contributed by atoms with Crippen LogP contribution in [-0.4, -0.2) is 62.3 Å². The third-order valence-electron chi connectivity index (χ3n) is 5.06. The summed E-state index contributed by atoms with van der Waals surface area (Å²) >= 11 is 0. The first kappa shape index (κ1) is 25.0. The van der Waals surface area contributed by atoms with Crippen molar-refractivity contribution in [3.63, 3.8) is 0 Å². The molecule has 2 rings (SSSR count). The Labute approximate surface area is 187 Å². The fourth-order valence-electron chi connectivity index (χ4n) is 3.27. The molecule has 6 nitrogen and oxygen atoms in total. The minimum absolute atomic E-state index is 0. The van der Waals surface area contributed by atoms with Crippen LogP contribution in [0.25, 0.3) is 0 Å². The molecule has 0 spiro atoms. The molecule has 1 aliphatic rings. The first-order valence-electron chi connectivity index (χ1n) is 10.2. The molecule has 7 heteroatoms. The number of guanidine groups is 1. The molecule has 160 valence electrons. The Morgan fingerprint density at radius 1 is 1.32 bits per heavy atom. The lowest BCUT2D eigenvalue weighted by atomic mass is 9.99. The second-order valence-electron chi connectivity index (χ2n) is 7.32. The molecule has 28 heavy (non-hydrogen) atoms. The summed E-state index contributed by atoms with van der Waals surface area (Å²) in [5.41, 5.74) is 0.813. The van der Waals surface area contributed by atoms with Crippen LogP contribution in [-0.2, 0) is 0 Å². The molecule has 1 aromatic rings. The number of likely N-dealkylation sites (tertiary alicyclic amines) is 1. The van der Waals surface area contributed by atoms with Crippen LogP contribution in [0.4, 0.5) is 0 Å². The second-order valence-corrected chi connectivity index (χ2v) is 7.32.